The maximum atomic E-state index is 10.9. The highest BCUT2D eigenvalue weighted by molar-refractivity contribution is 7.99. The van der Waals surface area contributed by atoms with Crippen molar-refractivity contribution in [2.45, 2.75) is 25.5 Å². The Morgan fingerprint density at radius 3 is 2.59 bits per heavy atom. The third-order valence-electron chi connectivity index (χ3n) is 3.94. The predicted octanol–water partition coefficient (Wildman–Crippen LogP) is 4.33. The van der Waals surface area contributed by atoms with Crippen LogP contribution in [0.4, 0.5) is 5.69 Å². The number of anilines is 1. The van der Waals surface area contributed by atoms with Crippen LogP contribution in [0.15, 0.2) is 47.6 Å². The van der Waals surface area contributed by atoms with E-state index in [1.165, 1.54) is 0 Å². The van der Waals surface area contributed by atoms with E-state index in [0.29, 0.717) is 22.5 Å². The molecular formula is C19H19ClN4O2S. The van der Waals surface area contributed by atoms with Gasteiger partial charge in [-0.25, -0.2) is 0 Å². The first kappa shape index (κ1) is 19.3. The summed E-state index contributed by atoms with van der Waals surface area (Å²) in [5, 5.41) is 21.9. The van der Waals surface area contributed by atoms with Crippen molar-refractivity contribution in [3.05, 3.63) is 64.4 Å². The Balaban J connectivity index is 1.88. The van der Waals surface area contributed by atoms with Gasteiger partial charge in [-0.05, 0) is 43.7 Å². The first-order valence-corrected chi connectivity index (χ1v) is 9.66. The monoisotopic (exact) mass is 402 g/mol. The number of aryl methyl sites for hydroxylation is 2. The Bertz CT molecular complexity index is 957. The molecule has 0 amide bonds. The highest BCUT2D eigenvalue weighted by Gasteiger charge is 2.15. The molecule has 0 unspecified atom stereocenters. The van der Waals surface area contributed by atoms with Crippen LogP contribution in [-0.4, -0.2) is 31.6 Å². The molecular weight excluding hydrogens is 384 g/mol. The van der Waals surface area contributed by atoms with Crippen LogP contribution in [0, 0.1) is 13.8 Å². The van der Waals surface area contributed by atoms with Gasteiger partial charge in [0.25, 0.3) is 0 Å². The van der Waals surface area contributed by atoms with Crippen LogP contribution >= 0.6 is 23.4 Å². The van der Waals surface area contributed by atoms with Gasteiger partial charge in [-0.15, -0.1) is 10.2 Å². The molecule has 0 saturated carbocycles. The topological polar surface area (TPSA) is 80.0 Å². The van der Waals surface area contributed by atoms with Gasteiger partial charge in [0.15, 0.2) is 11.0 Å². The van der Waals surface area contributed by atoms with E-state index in [4.69, 9.17) is 16.7 Å². The molecule has 0 fully saturated rings. The summed E-state index contributed by atoms with van der Waals surface area (Å²) >= 11 is 7.32. The van der Waals surface area contributed by atoms with Gasteiger partial charge in [0.1, 0.15) is 0 Å². The normalized spacial score (nSPS) is 10.8. The number of nitrogens with one attached hydrogen (secondary N) is 1. The van der Waals surface area contributed by atoms with Crippen molar-refractivity contribution in [3.8, 4) is 5.69 Å². The highest BCUT2D eigenvalue weighted by Crippen LogP contribution is 2.24. The molecule has 3 aromatic rings. The van der Waals surface area contributed by atoms with Crippen LogP contribution in [-0.2, 0) is 11.3 Å². The zero-order valence-electron chi connectivity index (χ0n) is 14.9. The molecule has 8 heteroatoms. The molecule has 0 aliphatic rings. The van der Waals surface area contributed by atoms with Crippen LogP contribution < -0.4 is 5.32 Å². The van der Waals surface area contributed by atoms with Crippen molar-refractivity contribution in [1.82, 2.24) is 14.8 Å². The number of aromatic nitrogens is 3. The predicted molar refractivity (Wildman–Crippen MR) is 108 cm³/mol. The standard InChI is InChI=1S/C19H19ClN4O2S/c1-12-3-7-15(8-4-12)24-17(22-23-19(24)27-11-18(25)26)10-21-14-6-5-13(2)16(20)9-14/h3-9,21H,10-11H2,1-2H3,(H,25,26). The number of halogens is 1. The van der Waals surface area contributed by atoms with Crippen LogP contribution in [0.3, 0.4) is 0 Å². The molecule has 3 rings (SSSR count). The number of rotatable bonds is 7. The molecule has 0 aliphatic carbocycles. The van der Waals surface area contributed by atoms with E-state index >= 15 is 0 Å². The molecule has 0 bridgehead atoms. The quantitative estimate of drug-likeness (QED) is 0.572. The van der Waals surface area contributed by atoms with Crippen LogP contribution in [0.2, 0.25) is 5.02 Å². The minimum absolute atomic E-state index is 0.0784. The third kappa shape index (κ3) is 4.81. The molecule has 1 heterocycles. The second-order valence-electron chi connectivity index (χ2n) is 6.07. The van der Waals surface area contributed by atoms with Crippen molar-refractivity contribution in [3.63, 3.8) is 0 Å². The van der Waals surface area contributed by atoms with E-state index in [1.807, 2.05) is 60.9 Å². The molecule has 27 heavy (non-hydrogen) atoms. The Morgan fingerprint density at radius 2 is 1.93 bits per heavy atom. The summed E-state index contributed by atoms with van der Waals surface area (Å²) in [6.45, 7) is 4.39. The first-order valence-electron chi connectivity index (χ1n) is 8.30. The first-order chi connectivity index (χ1) is 12.9. The second-order valence-corrected chi connectivity index (χ2v) is 7.42. The fourth-order valence-electron chi connectivity index (χ4n) is 2.47. The average Bonchev–Trinajstić information content (AvgIpc) is 3.04. The lowest BCUT2D eigenvalue weighted by atomic mass is 10.2. The lowest BCUT2D eigenvalue weighted by Crippen LogP contribution is -2.09. The van der Waals surface area contributed by atoms with Gasteiger partial charge in [-0.2, -0.15) is 0 Å². The number of benzene rings is 2. The zero-order chi connectivity index (χ0) is 19.4. The molecule has 140 valence electrons. The Kier molecular flexibility index (Phi) is 6.03. The molecule has 0 spiro atoms. The van der Waals surface area contributed by atoms with Gasteiger partial charge in [0, 0.05) is 16.4 Å². The van der Waals surface area contributed by atoms with E-state index in [0.717, 1.165) is 34.3 Å². The number of aliphatic carboxylic acids is 1. The third-order valence-corrected chi connectivity index (χ3v) is 5.26. The van der Waals surface area contributed by atoms with E-state index in [2.05, 4.69) is 15.5 Å². The fraction of sp³-hybridized carbons (Fsp3) is 0.211. The summed E-state index contributed by atoms with van der Waals surface area (Å²) < 4.78 is 1.87. The minimum atomic E-state index is -0.896. The molecule has 0 atom stereocenters. The summed E-state index contributed by atoms with van der Waals surface area (Å²) in [6, 6.07) is 13.7. The highest BCUT2D eigenvalue weighted by atomic mass is 35.5. The van der Waals surface area contributed by atoms with Crippen LogP contribution in [0.5, 0.6) is 0 Å². The number of nitrogens with zero attached hydrogens (tertiary/aromatic N) is 3. The number of hydrogen-bond acceptors (Lipinski definition) is 5. The van der Waals surface area contributed by atoms with E-state index in [-0.39, 0.29) is 5.75 Å². The van der Waals surface area contributed by atoms with Crippen molar-refractivity contribution in [1.29, 1.82) is 0 Å². The largest absolute Gasteiger partial charge is 0.481 e. The SMILES string of the molecule is Cc1ccc(-n2c(CNc3ccc(C)c(Cl)c3)nnc2SCC(=O)O)cc1. The average molecular weight is 403 g/mol. The number of carboxylic acids is 1. The number of carbonyl (C=O) groups is 1. The molecule has 6 nitrogen and oxygen atoms in total. The van der Waals surface area contributed by atoms with Gasteiger partial charge in [0.2, 0.25) is 0 Å². The van der Waals surface area contributed by atoms with Gasteiger partial charge >= 0.3 is 5.97 Å². The van der Waals surface area contributed by atoms with E-state index < -0.39 is 5.97 Å². The van der Waals surface area contributed by atoms with E-state index in [1.54, 1.807) is 0 Å². The summed E-state index contributed by atoms with van der Waals surface area (Å²) in [7, 11) is 0. The lowest BCUT2D eigenvalue weighted by Gasteiger charge is -2.12. The zero-order valence-corrected chi connectivity index (χ0v) is 16.5. The van der Waals surface area contributed by atoms with Crippen molar-refractivity contribution in [2.24, 2.45) is 0 Å². The number of thioether (sulfide) groups is 1. The lowest BCUT2D eigenvalue weighted by molar-refractivity contribution is -0.133. The van der Waals surface area contributed by atoms with Gasteiger partial charge in [0.05, 0.1) is 12.3 Å². The molecule has 0 radical (unpaired) electrons. The summed E-state index contributed by atoms with van der Waals surface area (Å²) in [5.41, 5.74) is 3.92. The smallest absolute Gasteiger partial charge is 0.313 e. The maximum Gasteiger partial charge on any atom is 0.313 e. The Morgan fingerprint density at radius 1 is 1.19 bits per heavy atom. The van der Waals surface area contributed by atoms with Crippen molar-refractivity contribution >= 4 is 35.0 Å². The van der Waals surface area contributed by atoms with Gasteiger partial charge in [-0.3, -0.25) is 9.36 Å². The Hall–Kier alpha value is -2.51. The van der Waals surface area contributed by atoms with E-state index in [9.17, 15) is 4.79 Å². The molecule has 0 aliphatic heterocycles. The van der Waals surface area contributed by atoms with Crippen molar-refractivity contribution in [2.75, 3.05) is 11.1 Å². The fourth-order valence-corrected chi connectivity index (χ4v) is 3.34. The summed E-state index contributed by atoms with van der Waals surface area (Å²) in [6.07, 6.45) is 0. The van der Waals surface area contributed by atoms with Gasteiger partial charge in [-0.1, -0.05) is 47.1 Å². The second kappa shape index (κ2) is 8.45. The maximum absolute atomic E-state index is 10.9. The molecule has 0 saturated heterocycles. The molecule has 2 aromatic carbocycles. The number of carboxylic acid groups (broad SMARTS) is 1. The van der Waals surface area contributed by atoms with Crippen LogP contribution in [0.25, 0.3) is 5.69 Å². The van der Waals surface area contributed by atoms with Crippen LogP contribution in [0.1, 0.15) is 17.0 Å². The van der Waals surface area contributed by atoms with Gasteiger partial charge < -0.3 is 10.4 Å². The van der Waals surface area contributed by atoms with Crippen molar-refractivity contribution < 1.29 is 9.90 Å². The molecule has 2 N–H and O–H groups in total. The summed E-state index contributed by atoms with van der Waals surface area (Å²) in [5.74, 6) is -0.291. The Labute approximate surface area is 166 Å². The minimum Gasteiger partial charge on any atom is -0.481 e. The molecule has 1 aromatic heterocycles. The summed E-state index contributed by atoms with van der Waals surface area (Å²) in [4.78, 5) is 10.9. The number of hydrogen-bond donors (Lipinski definition) is 2.